The molecule has 106 valence electrons. The second-order valence-electron chi connectivity index (χ2n) is 5.42. The molecule has 6 heteroatoms. The Balaban J connectivity index is 1.71. The Morgan fingerprint density at radius 2 is 1.83 bits per heavy atom. The van der Waals surface area contributed by atoms with E-state index in [-0.39, 0.29) is 0 Å². The van der Waals surface area contributed by atoms with E-state index in [2.05, 4.69) is 10.0 Å². The molecule has 1 aliphatic heterocycles. The lowest BCUT2D eigenvalue weighted by Crippen LogP contribution is -2.46. The van der Waals surface area contributed by atoms with Crippen molar-refractivity contribution in [2.45, 2.75) is 45.1 Å². The van der Waals surface area contributed by atoms with Crippen LogP contribution in [0.25, 0.3) is 0 Å². The third kappa shape index (κ3) is 4.19. The molecule has 0 spiro atoms. The molecule has 0 aromatic carbocycles. The summed E-state index contributed by atoms with van der Waals surface area (Å²) in [4.78, 5) is 0. The molecule has 2 fully saturated rings. The molecule has 2 rings (SSSR count). The molecule has 1 saturated heterocycles. The number of hydrogen-bond donors (Lipinski definition) is 2. The molecule has 1 heterocycles. The summed E-state index contributed by atoms with van der Waals surface area (Å²) in [6.07, 6.45) is 5.42. The summed E-state index contributed by atoms with van der Waals surface area (Å²) in [5.41, 5.74) is 0. The summed E-state index contributed by atoms with van der Waals surface area (Å²) in [5, 5.41) is 3.53. The van der Waals surface area contributed by atoms with Gasteiger partial charge in [-0.1, -0.05) is 6.92 Å². The molecule has 0 amide bonds. The van der Waals surface area contributed by atoms with Gasteiger partial charge in [0.1, 0.15) is 0 Å². The van der Waals surface area contributed by atoms with E-state index in [0.717, 1.165) is 31.8 Å². The first-order valence-electron chi connectivity index (χ1n) is 7.10. The van der Waals surface area contributed by atoms with E-state index in [4.69, 9.17) is 0 Å². The van der Waals surface area contributed by atoms with E-state index in [9.17, 15) is 8.42 Å². The van der Waals surface area contributed by atoms with Crippen LogP contribution in [0.1, 0.15) is 39.0 Å². The third-order valence-electron chi connectivity index (χ3n) is 3.72. The van der Waals surface area contributed by atoms with Crippen LogP contribution in [0.2, 0.25) is 0 Å². The second-order valence-corrected chi connectivity index (χ2v) is 7.18. The van der Waals surface area contributed by atoms with Crippen LogP contribution < -0.4 is 10.0 Å². The van der Waals surface area contributed by atoms with Crippen molar-refractivity contribution in [3.63, 3.8) is 0 Å². The zero-order valence-electron chi connectivity index (χ0n) is 11.2. The molecule has 5 nitrogen and oxygen atoms in total. The van der Waals surface area contributed by atoms with Crippen LogP contribution in [0.5, 0.6) is 0 Å². The maximum atomic E-state index is 11.9. The Bertz CT molecular complexity index is 346. The fraction of sp³-hybridized carbons (Fsp3) is 1.00. The lowest BCUT2D eigenvalue weighted by atomic mass is 9.98. The van der Waals surface area contributed by atoms with Gasteiger partial charge in [-0.05, 0) is 44.6 Å². The highest BCUT2D eigenvalue weighted by atomic mass is 32.2. The van der Waals surface area contributed by atoms with Crippen molar-refractivity contribution in [2.24, 2.45) is 5.92 Å². The fourth-order valence-corrected chi connectivity index (χ4v) is 3.63. The maximum absolute atomic E-state index is 11.9. The van der Waals surface area contributed by atoms with E-state index in [0.29, 0.717) is 25.6 Å². The van der Waals surface area contributed by atoms with Crippen LogP contribution in [0, 0.1) is 5.92 Å². The standard InChI is InChI=1S/C12H25N3O2S/c1-2-7-14-18(16,17)15-8-5-11(6-9-15)10-13-12-3-4-12/h11-14H,2-10H2,1H3. The summed E-state index contributed by atoms with van der Waals surface area (Å²) in [6, 6.07) is 0.748. The molecule has 0 bridgehead atoms. The van der Waals surface area contributed by atoms with E-state index in [1.165, 1.54) is 12.8 Å². The fourth-order valence-electron chi connectivity index (χ4n) is 2.30. The summed E-state index contributed by atoms with van der Waals surface area (Å²) in [7, 11) is -3.22. The number of hydrogen-bond acceptors (Lipinski definition) is 3. The minimum absolute atomic E-state index is 0.533. The minimum Gasteiger partial charge on any atom is -0.314 e. The molecule has 1 saturated carbocycles. The smallest absolute Gasteiger partial charge is 0.279 e. The van der Waals surface area contributed by atoms with Crippen molar-refractivity contribution in [1.29, 1.82) is 0 Å². The zero-order valence-corrected chi connectivity index (χ0v) is 12.0. The molecule has 0 aromatic heterocycles. The van der Waals surface area contributed by atoms with Gasteiger partial charge < -0.3 is 5.32 Å². The number of rotatable bonds is 7. The van der Waals surface area contributed by atoms with Gasteiger partial charge in [-0.3, -0.25) is 0 Å². The average Bonchev–Trinajstić information content (AvgIpc) is 3.18. The van der Waals surface area contributed by atoms with E-state index >= 15 is 0 Å². The predicted molar refractivity (Wildman–Crippen MR) is 72.5 cm³/mol. The Kier molecular flexibility index (Phi) is 5.00. The highest BCUT2D eigenvalue weighted by molar-refractivity contribution is 7.87. The Labute approximate surface area is 110 Å². The van der Waals surface area contributed by atoms with E-state index < -0.39 is 10.2 Å². The number of nitrogens with zero attached hydrogens (tertiary/aromatic N) is 1. The van der Waals surface area contributed by atoms with Crippen molar-refractivity contribution >= 4 is 10.2 Å². The summed E-state index contributed by atoms with van der Waals surface area (Å²) < 4.78 is 28.1. The first kappa shape index (κ1) is 14.2. The van der Waals surface area contributed by atoms with E-state index in [1.54, 1.807) is 4.31 Å². The molecule has 18 heavy (non-hydrogen) atoms. The molecule has 2 N–H and O–H groups in total. The van der Waals surface area contributed by atoms with Crippen LogP contribution in [0.15, 0.2) is 0 Å². The van der Waals surface area contributed by atoms with Gasteiger partial charge in [0, 0.05) is 25.7 Å². The molecule has 0 radical (unpaired) electrons. The monoisotopic (exact) mass is 275 g/mol. The highest BCUT2D eigenvalue weighted by Gasteiger charge is 2.28. The van der Waals surface area contributed by atoms with Gasteiger partial charge in [0.15, 0.2) is 0 Å². The molecule has 1 aliphatic carbocycles. The van der Waals surface area contributed by atoms with Gasteiger partial charge in [0.25, 0.3) is 10.2 Å². The average molecular weight is 275 g/mol. The first-order chi connectivity index (χ1) is 8.62. The second kappa shape index (κ2) is 6.32. The lowest BCUT2D eigenvalue weighted by Gasteiger charge is -2.31. The van der Waals surface area contributed by atoms with Crippen LogP contribution in [-0.2, 0) is 10.2 Å². The predicted octanol–water partition coefficient (Wildman–Crippen LogP) is 0.695. The third-order valence-corrected chi connectivity index (χ3v) is 5.33. The van der Waals surface area contributed by atoms with Gasteiger partial charge in [0.2, 0.25) is 0 Å². The van der Waals surface area contributed by atoms with Gasteiger partial charge in [-0.15, -0.1) is 0 Å². The normalized spacial score (nSPS) is 23.4. The van der Waals surface area contributed by atoms with Gasteiger partial charge >= 0.3 is 0 Å². The number of piperidine rings is 1. The van der Waals surface area contributed by atoms with Gasteiger partial charge in [0.05, 0.1) is 0 Å². The van der Waals surface area contributed by atoms with Crippen molar-refractivity contribution < 1.29 is 8.42 Å². The van der Waals surface area contributed by atoms with Gasteiger partial charge in [-0.25, -0.2) is 4.72 Å². The molecule has 0 atom stereocenters. The Hall–Kier alpha value is -0.170. The van der Waals surface area contributed by atoms with Crippen LogP contribution in [-0.4, -0.2) is 44.9 Å². The van der Waals surface area contributed by atoms with Crippen LogP contribution in [0.4, 0.5) is 0 Å². The Morgan fingerprint density at radius 3 is 2.39 bits per heavy atom. The quantitative estimate of drug-likeness (QED) is 0.719. The van der Waals surface area contributed by atoms with Crippen molar-refractivity contribution in [1.82, 2.24) is 14.3 Å². The summed E-state index contributed by atoms with van der Waals surface area (Å²) in [5.74, 6) is 0.642. The number of nitrogens with one attached hydrogen (secondary N) is 2. The largest absolute Gasteiger partial charge is 0.314 e. The lowest BCUT2D eigenvalue weighted by molar-refractivity contribution is 0.264. The maximum Gasteiger partial charge on any atom is 0.279 e. The van der Waals surface area contributed by atoms with Crippen molar-refractivity contribution in [2.75, 3.05) is 26.2 Å². The molecular weight excluding hydrogens is 250 g/mol. The summed E-state index contributed by atoms with van der Waals surface area (Å²) in [6.45, 7) is 4.89. The van der Waals surface area contributed by atoms with Crippen molar-refractivity contribution in [3.8, 4) is 0 Å². The first-order valence-corrected chi connectivity index (χ1v) is 8.54. The van der Waals surface area contributed by atoms with E-state index in [1.807, 2.05) is 6.92 Å². The van der Waals surface area contributed by atoms with Crippen LogP contribution in [0.3, 0.4) is 0 Å². The topological polar surface area (TPSA) is 61.4 Å². The summed E-state index contributed by atoms with van der Waals surface area (Å²) >= 11 is 0. The minimum atomic E-state index is -3.22. The molecule has 2 aliphatic rings. The molecule has 0 unspecified atom stereocenters. The molecular formula is C12H25N3O2S. The zero-order chi connectivity index (χ0) is 13.0. The van der Waals surface area contributed by atoms with Crippen molar-refractivity contribution in [3.05, 3.63) is 0 Å². The Morgan fingerprint density at radius 1 is 1.17 bits per heavy atom. The van der Waals surface area contributed by atoms with Crippen LogP contribution >= 0.6 is 0 Å². The van der Waals surface area contributed by atoms with Gasteiger partial charge in [-0.2, -0.15) is 12.7 Å². The SMILES string of the molecule is CCCNS(=O)(=O)N1CCC(CNC2CC2)CC1. The highest BCUT2D eigenvalue weighted by Crippen LogP contribution is 2.22. The molecule has 0 aromatic rings.